The van der Waals surface area contributed by atoms with E-state index < -0.39 is 23.3 Å². The number of ether oxygens (including phenoxy) is 1. The van der Waals surface area contributed by atoms with Gasteiger partial charge in [-0.25, -0.2) is 23.5 Å². The molecule has 9 heteroatoms. The first-order chi connectivity index (χ1) is 14.1. The van der Waals surface area contributed by atoms with Crippen LogP contribution in [0.25, 0.3) is 0 Å². The molecule has 0 bridgehead atoms. The molecule has 0 aliphatic carbocycles. The largest absolute Gasteiger partial charge is 0.443 e. The average molecular weight is 431 g/mol. The fraction of sp³-hybridized carbons (Fsp3) is 0.190. The molecular formula is C21H19F2N3O3S. The number of hydrogen-bond acceptors (Lipinski definition) is 6. The summed E-state index contributed by atoms with van der Waals surface area (Å²) >= 11 is 0.812. The predicted octanol–water partition coefficient (Wildman–Crippen LogP) is 5.31. The summed E-state index contributed by atoms with van der Waals surface area (Å²) in [7, 11) is 0. The van der Waals surface area contributed by atoms with E-state index in [1.54, 1.807) is 51.1 Å². The smallest absolute Gasteiger partial charge is 0.421 e. The SMILES string of the molecule is CC(C)(C)OC(=O)N(c1nc(N)c(C(=O)c2ccccc2)s1)c1ccc(F)cc1F. The molecule has 0 saturated carbocycles. The summed E-state index contributed by atoms with van der Waals surface area (Å²) < 4.78 is 33.3. The molecule has 0 saturated heterocycles. The molecule has 0 spiro atoms. The number of hydrogen-bond donors (Lipinski definition) is 1. The van der Waals surface area contributed by atoms with Crippen LogP contribution in [0.15, 0.2) is 48.5 Å². The molecule has 6 nitrogen and oxygen atoms in total. The van der Waals surface area contributed by atoms with Crippen molar-refractivity contribution in [2.75, 3.05) is 10.6 Å². The molecule has 1 amide bonds. The van der Waals surface area contributed by atoms with Gasteiger partial charge in [0.1, 0.15) is 27.9 Å². The molecule has 0 unspecified atom stereocenters. The van der Waals surface area contributed by atoms with E-state index in [0.717, 1.165) is 28.4 Å². The summed E-state index contributed by atoms with van der Waals surface area (Å²) in [5, 5.41) is -0.0773. The normalized spacial score (nSPS) is 11.2. The molecule has 0 aliphatic heterocycles. The Morgan fingerprint density at radius 1 is 1.10 bits per heavy atom. The van der Waals surface area contributed by atoms with E-state index in [4.69, 9.17) is 10.5 Å². The lowest BCUT2D eigenvalue weighted by molar-refractivity contribution is 0.0598. The van der Waals surface area contributed by atoms with E-state index in [2.05, 4.69) is 4.98 Å². The van der Waals surface area contributed by atoms with Crippen LogP contribution in [0.2, 0.25) is 0 Å². The van der Waals surface area contributed by atoms with E-state index in [1.807, 2.05) is 0 Å². The van der Waals surface area contributed by atoms with Gasteiger partial charge < -0.3 is 10.5 Å². The summed E-state index contributed by atoms with van der Waals surface area (Å²) in [6.45, 7) is 4.93. The van der Waals surface area contributed by atoms with Crippen LogP contribution in [0, 0.1) is 11.6 Å². The second-order valence-electron chi connectivity index (χ2n) is 7.32. The quantitative estimate of drug-likeness (QED) is 0.566. The molecule has 0 radical (unpaired) electrons. The summed E-state index contributed by atoms with van der Waals surface area (Å²) in [5.74, 6) is -2.30. The van der Waals surface area contributed by atoms with Crippen LogP contribution in [-0.2, 0) is 4.74 Å². The standard InChI is InChI=1S/C21H19F2N3O3S/c1-21(2,3)29-20(28)26(15-10-9-13(22)11-14(15)23)19-25-18(24)17(30-19)16(27)12-7-5-4-6-8-12/h4-11H,24H2,1-3H3. The predicted molar refractivity (Wildman–Crippen MR) is 111 cm³/mol. The third-order valence-corrected chi connectivity index (χ3v) is 4.86. The molecule has 1 heterocycles. The molecule has 0 aliphatic rings. The van der Waals surface area contributed by atoms with Gasteiger partial charge in [0.15, 0.2) is 0 Å². The van der Waals surface area contributed by atoms with Crippen LogP contribution in [0.4, 0.5) is 30.2 Å². The van der Waals surface area contributed by atoms with Crippen molar-refractivity contribution in [1.29, 1.82) is 0 Å². The highest BCUT2D eigenvalue weighted by atomic mass is 32.1. The van der Waals surface area contributed by atoms with E-state index in [0.29, 0.717) is 11.6 Å². The minimum atomic E-state index is -0.995. The molecule has 1 aromatic heterocycles. The zero-order valence-electron chi connectivity index (χ0n) is 16.5. The minimum absolute atomic E-state index is 0.0773. The summed E-state index contributed by atoms with van der Waals surface area (Å²) in [4.78, 5) is 30.6. The van der Waals surface area contributed by atoms with Crippen LogP contribution >= 0.6 is 11.3 Å². The number of aromatic nitrogens is 1. The molecule has 3 aromatic rings. The van der Waals surface area contributed by atoms with Crippen LogP contribution in [-0.4, -0.2) is 22.5 Å². The number of anilines is 3. The highest BCUT2D eigenvalue weighted by Gasteiger charge is 2.31. The number of carbonyl (C=O) groups excluding carboxylic acids is 2. The van der Waals surface area contributed by atoms with Crippen molar-refractivity contribution in [1.82, 2.24) is 4.98 Å². The number of nitrogen functional groups attached to an aromatic ring is 1. The van der Waals surface area contributed by atoms with Crippen LogP contribution in [0.3, 0.4) is 0 Å². The third kappa shape index (κ3) is 4.62. The zero-order valence-corrected chi connectivity index (χ0v) is 17.3. The van der Waals surface area contributed by atoms with Crippen molar-refractivity contribution in [3.05, 3.63) is 70.6 Å². The van der Waals surface area contributed by atoms with Crippen LogP contribution in [0.5, 0.6) is 0 Å². The first kappa shape index (κ1) is 21.4. The lowest BCUT2D eigenvalue weighted by Gasteiger charge is -2.26. The van der Waals surface area contributed by atoms with Gasteiger partial charge in [-0.3, -0.25) is 4.79 Å². The fourth-order valence-corrected chi connectivity index (χ4v) is 3.50. The van der Waals surface area contributed by atoms with Crippen LogP contribution in [0.1, 0.15) is 36.0 Å². The van der Waals surface area contributed by atoms with Gasteiger partial charge in [0.2, 0.25) is 10.9 Å². The Bertz CT molecular complexity index is 1090. The molecule has 2 aromatic carbocycles. The summed E-state index contributed by atoms with van der Waals surface area (Å²) in [6, 6.07) is 11.1. The highest BCUT2D eigenvalue weighted by molar-refractivity contribution is 7.18. The second-order valence-corrected chi connectivity index (χ2v) is 8.29. The maximum absolute atomic E-state index is 14.5. The van der Waals surface area contributed by atoms with Crippen molar-refractivity contribution >= 4 is 39.9 Å². The number of nitrogens with zero attached hydrogens (tertiary/aromatic N) is 2. The lowest BCUT2D eigenvalue weighted by atomic mass is 10.1. The number of rotatable bonds is 4. The van der Waals surface area contributed by atoms with E-state index in [1.165, 1.54) is 0 Å². The van der Waals surface area contributed by atoms with Gasteiger partial charge in [-0.1, -0.05) is 41.7 Å². The Morgan fingerprint density at radius 2 is 1.77 bits per heavy atom. The lowest BCUT2D eigenvalue weighted by Crippen LogP contribution is -2.34. The van der Waals surface area contributed by atoms with Gasteiger partial charge in [-0.05, 0) is 32.9 Å². The van der Waals surface area contributed by atoms with Crippen molar-refractivity contribution < 1.29 is 23.1 Å². The van der Waals surface area contributed by atoms with Gasteiger partial charge in [0, 0.05) is 11.6 Å². The number of amides is 1. The van der Waals surface area contributed by atoms with E-state index >= 15 is 0 Å². The molecule has 30 heavy (non-hydrogen) atoms. The van der Waals surface area contributed by atoms with Gasteiger partial charge in [0.05, 0.1) is 5.69 Å². The highest BCUT2D eigenvalue weighted by Crippen LogP contribution is 2.36. The Kier molecular flexibility index (Phi) is 5.84. The number of carbonyl (C=O) groups is 2. The Morgan fingerprint density at radius 3 is 2.37 bits per heavy atom. The number of ketones is 1. The average Bonchev–Trinajstić information content (AvgIpc) is 3.03. The maximum Gasteiger partial charge on any atom is 0.421 e. The first-order valence-electron chi connectivity index (χ1n) is 8.91. The third-order valence-electron chi connectivity index (χ3n) is 3.80. The number of thiazole rings is 1. The Labute approximate surface area is 175 Å². The van der Waals surface area contributed by atoms with E-state index in [-0.39, 0.29) is 27.3 Å². The molecule has 0 fully saturated rings. The van der Waals surface area contributed by atoms with E-state index in [9.17, 15) is 18.4 Å². The molecule has 2 N–H and O–H groups in total. The molecular weight excluding hydrogens is 412 g/mol. The number of halogens is 2. The number of benzene rings is 2. The van der Waals surface area contributed by atoms with Gasteiger partial charge in [-0.2, -0.15) is 0 Å². The minimum Gasteiger partial charge on any atom is -0.443 e. The van der Waals surface area contributed by atoms with Gasteiger partial charge >= 0.3 is 6.09 Å². The second kappa shape index (κ2) is 8.19. The Hall–Kier alpha value is -3.33. The molecule has 156 valence electrons. The number of nitrogens with two attached hydrogens (primary N) is 1. The zero-order chi connectivity index (χ0) is 22.1. The molecule has 0 atom stereocenters. The summed E-state index contributed by atoms with van der Waals surface area (Å²) in [5.41, 5.74) is 5.15. The van der Waals surface area contributed by atoms with Gasteiger partial charge in [-0.15, -0.1) is 0 Å². The van der Waals surface area contributed by atoms with Gasteiger partial charge in [0.25, 0.3) is 0 Å². The van der Waals surface area contributed by atoms with Crippen molar-refractivity contribution in [2.45, 2.75) is 26.4 Å². The maximum atomic E-state index is 14.5. The summed E-state index contributed by atoms with van der Waals surface area (Å²) in [6.07, 6.45) is -0.944. The van der Waals surface area contributed by atoms with Crippen LogP contribution < -0.4 is 10.6 Å². The Balaban J connectivity index is 2.08. The molecule has 3 rings (SSSR count). The van der Waals surface area contributed by atoms with Crippen molar-refractivity contribution in [3.63, 3.8) is 0 Å². The monoisotopic (exact) mass is 431 g/mol. The first-order valence-corrected chi connectivity index (χ1v) is 9.72. The van der Waals surface area contributed by atoms with Crippen molar-refractivity contribution in [3.8, 4) is 0 Å². The fourth-order valence-electron chi connectivity index (χ4n) is 2.55. The topological polar surface area (TPSA) is 85.5 Å². The van der Waals surface area contributed by atoms with Crippen molar-refractivity contribution in [2.24, 2.45) is 0 Å².